The monoisotopic (exact) mass is 421 g/mol. The number of aromatic nitrogens is 1. The molecule has 0 aliphatic heterocycles. The highest BCUT2D eigenvalue weighted by Gasteiger charge is 2.12. The zero-order valence-corrected chi connectivity index (χ0v) is 17.5. The van der Waals surface area contributed by atoms with Crippen LogP contribution in [0.25, 0.3) is 22.9 Å². The number of rotatable bonds is 7. The SMILES string of the molecule is COc1ccc(/C=C(\C#N)c2nc(-c3ccc([N+](=O)[O-])cc3)cs2)cc1OC(C)C. The van der Waals surface area contributed by atoms with Gasteiger partial charge in [0.05, 0.1) is 29.4 Å². The van der Waals surface area contributed by atoms with Gasteiger partial charge < -0.3 is 9.47 Å². The van der Waals surface area contributed by atoms with Gasteiger partial charge in [0.15, 0.2) is 11.5 Å². The van der Waals surface area contributed by atoms with Crippen LogP contribution in [0.15, 0.2) is 47.8 Å². The van der Waals surface area contributed by atoms with Crippen molar-refractivity contribution in [3.8, 4) is 28.8 Å². The van der Waals surface area contributed by atoms with Gasteiger partial charge in [0, 0.05) is 23.1 Å². The first-order valence-electron chi connectivity index (χ1n) is 9.08. The molecule has 0 fully saturated rings. The van der Waals surface area contributed by atoms with Gasteiger partial charge in [0.1, 0.15) is 11.1 Å². The van der Waals surface area contributed by atoms with Crippen LogP contribution >= 0.6 is 11.3 Å². The number of nitrogens with zero attached hydrogens (tertiary/aromatic N) is 3. The van der Waals surface area contributed by atoms with Crippen molar-refractivity contribution in [2.75, 3.05) is 7.11 Å². The average molecular weight is 421 g/mol. The third-order valence-corrected chi connectivity index (χ3v) is 4.97. The van der Waals surface area contributed by atoms with E-state index in [1.165, 1.54) is 23.5 Å². The first-order valence-corrected chi connectivity index (χ1v) is 9.96. The summed E-state index contributed by atoms with van der Waals surface area (Å²) < 4.78 is 11.1. The average Bonchev–Trinajstić information content (AvgIpc) is 3.22. The number of methoxy groups -OCH3 is 1. The predicted octanol–water partition coefficient (Wildman–Crippen LogP) is 5.58. The first-order chi connectivity index (χ1) is 14.4. The van der Waals surface area contributed by atoms with Crippen LogP contribution < -0.4 is 9.47 Å². The van der Waals surface area contributed by atoms with Gasteiger partial charge in [-0.1, -0.05) is 6.07 Å². The summed E-state index contributed by atoms with van der Waals surface area (Å²) in [5, 5.41) is 22.8. The van der Waals surface area contributed by atoms with Gasteiger partial charge in [-0.05, 0) is 49.8 Å². The predicted molar refractivity (Wildman–Crippen MR) is 116 cm³/mol. The van der Waals surface area contributed by atoms with Crippen molar-refractivity contribution in [3.05, 3.63) is 68.5 Å². The summed E-state index contributed by atoms with van der Waals surface area (Å²) in [4.78, 5) is 14.9. The normalized spacial score (nSPS) is 11.2. The number of hydrogen-bond donors (Lipinski definition) is 0. The van der Waals surface area contributed by atoms with Crippen LogP contribution in [0.2, 0.25) is 0 Å². The minimum absolute atomic E-state index is 0.0169. The van der Waals surface area contributed by atoms with E-state index in [1.807, 2.05) is 31.4 Å². The third-order valence-electron chi connectivity index (χ3n) is 4.09. The number of ether oxygens (including phenoxy) is 2. The molecule has 0 N–H and O–H groups in total. The maximum absolute atomic E-state index is 10.8. The molecule has 3 rings (SSSR count). The van der Waals surface area contributed by atoms with E-state index in [-0.39, 0.29) is 11.8 Å². The molecule has 152 valence electrons. The van der Waals surface area contributed by atoms with Crippen LogP contribution in [0, 0.1) is 21.4 Å². The van der Waals surface area contributed by atoms with Crippen LogP contribution in [0.5, 0.6) is 11.5 Å². The lowest BCUT2D eigenvalue weighted by Crippen LogP contribution is -2.06. The van der Waals surface area contributed by atoms with E-state index in [1.54, 1.807) is 31.4 Å². The van der Waals surface area contributed by atoms with E-state index in [0.29, 0.717) is 27.8 Å². The molecular weight excluding hydrogens is 402 g/mol. The lowest BCUT2D eigenvalue weighted by Gasteiger charge is -2.14. The fraction of sp³-hybridized carbons (Fsp3) is 0.182. The minimum atomic E-state index is -0.446. The molecule has 0 atom stereocenters. The summed E-state index contributed by atoms with van der Waals surface area (Å²) >= 11 is 1.34. The van der Waals surface area contributed by atoms with Gasteiger partial charge in [-0.15, -0.1) is 11.3 Å². The van der Waals surface area contributed by atoms with Crippen LogP contribution in [0.1, 0.15) is 24.4 Å². The van der Waals surface area contributed by atoms with Gasteiger partial charge in [0.2, 0.25) is 0 Å². The van der Waals surface area contributed by atoms with Crippen molar-refractivity contribution in [3.63, 3.8) is 0 Å². The second kappa shape index (κ2) is 9.20. The fourth-order valence-corrected chi connectivity index (χ4v) is 3.52. The number of nitro groups is 1. The lowest BCUT2D eigenvalue weighted by molar-refractivity contribution is -0.384. The molecule has 0 aliphatic carbocycles. The Morgan fingerprint density at radius 2 is 1.97 bits per heavy atom. The standard InChI is InChI=1S/C22H19N3O4S/c1-14(2)29-21-11-15(4-9-20(21)28-3)10-17(12-23)22-24-19(13-30-22)16-5-7-18(8-6-16)25(26)27/h4-11,13-14H,1-3H3/b17-10+. The molecule has 0 unspecified atom stereocenters. The van der Waals surface area contributed by atoms with Gasteiger partial charge in [0.25, 0.3) is 5.69 Å². The Balaban J connectivity index is 1.90. The number of hydrogen-bond acceptors (Lipinski definition) is 7. The van der Waals surface area contributed by atoms with Gasteiger partial charge in [-0.3, -0.25) is 10.1 Å². The molecule has 0 spiro atoms. The molecule has 0 saturated heterocycles. The first kappa shape index (κ1) is 21.0. The molecule has 0 aliphatic rings. The topological polar surface area (TPSA) is 98.3 Å². The molecule has 0 amide bonds. The van der Waals surface area contributed by atoms with Crippen molar-refractivity contribution in [1.29, 1.82) is 5.26 Å². The van der Waals surface area contributed by atoms with Crippen molar-refractivity contribution in [2.24, 2.45) is 0 Å². The Morgan fingerprint density at radius 1 is 1.23 bits per heavy atom. The fourth-order valence-electron chi connectivity index (χ4n) is 2.72. The number of non-ortho nitro benzene ring substituents is 1. The second-order valence-corrected chi connectivity index (χ2v) is 7.45. The smallest absolute Gasteiger partial charge is 0.269 e. The number of nitro benzene ring substituents is 1. The molecule has 0 radical (unpaired) electrons. The largest absolute Gasteiger partial charge is 0.493 e. The van der Waals surface area contributed by atoms with Crippen molar-refractivity contribution >= 4 is 28.7 Å². The summed E-state index contributed by atoms with van der Waals surface area (Å²) in [6.45, 7) is 3.86. The van der Waals surface area contributed by atoms with Gasteiger partial charge in [-0.25, -0.2) is 4.98 Å². The highest BCUT2D eigenvalue weighted by molar-refractivity contribution is 7.11. The molecule has 1 heterocycles. The number of benzene rings is 2. The highest BCUT2D eigenvalue weighted by atomic mass is 32.1. The maximum Gasteiger partial charge on any atom is 0.269 e. The zero-order chi connectivity index (χ0) is 21.7. The van der Waals surface area contributed by atoms with Crippen molar-refractivity contribution in [1.82, 2.24) is 4.98 Å². The molecule has 2 aromatic carbocycles. The zero-order valence-electron chi connectivity index (χ0n) is 16.7. The second-order valence-electron chi connectivity index (χ2n) is 6.59. The summed E-state index contributed by atoms with van der Waals surface area (Å²) in [5.74, 6) is 1.22. The Morgan fingerprint density at radius 3 is 2.57 bits per heavy atom. The summed E-state index contributed by atoms with van der Waals surface area (Å²) in [6, 6.07) is 13.8. The van der Waals surface area contributed by atoms with E-state index in [0.717, 1.165) is 11.1 Å². The van der Waals surface area contributed by atoms with Crippen molar-refractivity contribution < 1.29 is 14.4 Å². The summed E-state index contributed by atoms with van der Waals surface area (Å²) in [7, 11) is 1.58. The molecule has 1 aromatic heterocycles. The Labute approximate surface area is 178 Å². The van der Waals surface area contributed by atoms with Crippen LogP contribution in [-0.2, 0) is 0 Å². The highest BCUT2D eigenvalue weighted by Crippen LogP contribution is 2.32. The Kier molecular flexibility index (Phi) is 6.45. The van der Waals surface area contributed by atoms with E-state index in [9.17, 15) is 15.4 Å². The van der Waals surface area contributed by atoms with Gasteiger partial charge >= 0.3 is 0 Å². The minimum Gasteiger partial charge on any atom is -0.493 e. The van der Waals surface area contributed by atoms with E-state index in [2.05, 4.69) is 11.1 Å². The number of nitriles is 1. The molecule has 0 saturated carbocycles. The molecule has 7 nitrogen and oxygen atoms in total. The Bertz CT molecular complexity index is 1130. The molecule has 8 heteroatoms. The summed E-state index contributed by atoms with van der Waals surface area (Å²) in [6.07, 6.45) is 1.72. The lowest BCUT2D eigenvalue weighted by atomic mass is 10.1. The summed E-state index contributed by atoms with van der Waals surface area (Å²) in [5.41, 5.74) is 2.62. The molecule has 3 aromatic rings. The quantitative estimate of drug-likeness (QED) is 0.281. The Hall–Kier alpha value is -3.70. The van der Waals surface area contributed by atoms with Crippen molar-refractivity contribution in [2.45, 2.75) is 20.0 Å². The van der Waals surface area contributed by atoms with E-state index < -0.39 is 4.92 Å². The van der Waals surface area contributed by atoms with E-state index in [4.69, 9.17) is 9.47 Å². The molecular formula is C22H19N3O4S. The van der Waals surface area contributed by atoms with Gasteiger partial charge in [-0.2, -0.15) is 5.26 Å². The van der Waals surface area contributed by atoms with Crippen LogP contribution in [-0.4, -0.2) is 23.1 Å². The van der Waals surface area contributed by atoms with Crippen LogP contribution in [0.4, 0.5) is 5.69 Å². The molecule has 0 bridgehead atoms. The molecule has 30 heavy (non-hydrogen) atoms. The van der Waals surface area contributed by atoms with Crippen LogP contribution in [0.3, 0.4) is 0 Å². The third kappa shape index (κ3) is 4.82. The maximum atomic E-state index is 10.8. The number of allylic oxidation sites excluding steroid dienone is 1. The van der Waals surface area contributed by atoms with E-state index >= 15 is 0 Å². The number of thiazole rings is 1.